The van der Waals surface area contributed by atoms with Crippen LogP contribution in [0.15, 0.2) is 63.9 Å². The van der Waals surface area contributed by atoms with E-state index in [1.165, 1.54) is 16.3 Å². The molecule has 10 heteroatoms. The minimum atomic E-state index is -0.0862. The van der Waals surface area contributed by atoms with E-state index in [0.717, 1.165) is 22.0 Å². The Hall–Kier alpha value is -2.88. The van der Waals surface area contributed by atoms with Crippen LogP contribution in [-0.2, 0) is 19.4 Å². The van der Waals surface area contributed by atoms with Gasteiger partial charge in [-0.2, -0.15) is 0 Å². The number of para-hydroxylation sites is 1. The molecule has 0 aliphatic rings. The zero-order valence-corrected chi connectivity index (χ0v) is 18.7. The van der Waals surface area contributed by atoms with Crippen molar-refractivity contribution < 1.29 is 4.74 Å². The maximum absolute atomic E-state index is 12.6. The molecule has 2 aromatic carbocycles. The largest absolute Gasteiger partial charge is 0.486 e. The summed E-state index contributed by atoms with van der Waals surface area (Å²) < 4.78 is 9.20. The van der Waals surface area contributed by atoms with Crippen LogP contribution in [-0.4, -0.2) is 24.1 Å². The second-order valence-electron chi connectivity index (χ2n) is 6.76. The molecule has 0 spiro atoms. The number of thiazole rings is 1. The zero-order chi connectivity index (χ0) is 21.4. The molecule has 31 heavy (non-hydrogen) atoms. The third-order valence-electron chi connectivity index (χ3n) is 4.72. The number of nitrogens with zero attached hydrogens (tertiary/aromatic N) is 5. The molecule has 3 aromatic heterocycles. The highest BCUT2D eigenvalue weighted by Crippen LogP contribution is 2.25. The molecular formula is C21H16ClN5O2S2. The van der Waals surface area contributed by atoms with Gasteiger partial charge in [0.15, 0.2) is 5.16 Å². The SMILES string of the molecule is Cn1c(=O)c2ccccc2n2c(SCc3csc(COc4ccc(Cl)cc4)n3)nnc12. The van der Waals surface area contributed by atoms with Crippen LogP contribution >= 0.6 is 34.7 Å². The summed E-state index contributed by atoms with van der Waals surface area (Å²) in [6, 6.07) is 14.7. The highest BCUT2D eigenvalue weighted by Gasteiger charge is 2.15. The Morgan fingerprint density at radius 2 is 1.94 bits per heavy atom. The molecule has 0 aliphatic heterocycles. The number of hydrogen-bond acceptors (Lipinski definition) is 7. The first-order valence-corrected chi connectivity index (χ1v) is 11.6. The van der Waals surface area contributed by atoms with Crippen molar-refractivity contribution in [3.63, 3.8) is 0 Å². The van der Waals surface area contributed by atoms with Crippen LogP contribution in [0.1, 0.15) is 10.7 Å². The first kappa shape index (κ1) is 20.0. The van der Waals surface area contributed by atoms with Crippen molar-refractivity contribution in [1.82, 2.24) is 24.1 Å². The van der Waals surface area contributed by atoms with Crippen molar-refractivity contribution in [2.24, 2.45) is 7.05 Å². The van der Waals surface area contributed by atoms with Crippen LogP contribution in [0.5, 0.6) is 5.75 Å². The molecule has 0 atom stereocenters. The number of hydrogen-bond donors (Lipinski definition) is 0. The summed E-state index contributed by atoms with van der Waals surface area (Å²) in [5, 5.41) is 13.5. The van der Waals surface area contributed by atoms with Gasteiger partial charge in [-0.05, 0) is 36.4 Å². The van der Waals surface area contributed by atoms with E-state index in [1.54, 1.807) is 30.5 Å². The molecule has 0 radical (unpaired) electrons. The molecule has 0 amide bonds. The molecule has 5 aromatic rings. The summed E-state index contributed by atoms with van der Waals surface area (Å²) in [4.78, 5) is 17.2. The molecule has 5 rings (SSSR count). The number of aromatic nitrogens is 5. The Kier molecular flexibility index (Phi) is 5.39. The van der Waals surface area contributed by atoms with Gasteiger partial charge in [0.25, 0.3) is 5.56 Å². The van der Waals surface area contributed by atoms with Crippen LogP contribution < -0.4 is 10.3 Å². The normalized spacial score (nSPS) is 11.4. The second-order valence-corrected chi connectivity index (χ2v) is 9.08. The molecule has 156 valence electrons. The van der Waals surface area contributed by atoms with E-state index in [4.69, 9.17) is 16.3 Å². The summed E-state index contributed by atoms with van der Waals surface area (Å²) in [5.74, 6) is 1.90. The fourth-order valence-electron chi connectivity index (χ4n) is 3.20. The Morgan fingerprint density at radius 3 is 2.77 bits per heavy atom. The maximum atomic E-state index is 12.6. The summed E-state index contributed by atoms with van der Waals surface area (Å²) in [5.41, 5.74) is 1.65. The number of ether oxygens (including phenoxy) is 1. The van der Waals surface area contributed by atoms with E-state index in [9.17, 15) is 4.79 Å². The van der Waals surface area contributed by atoms with Gasteiger partial charge in [0.1, 0.15) is 17.4 Å². The number of fused-ring (bicyclic) bond motifs is 3. The van der Waals surface area contributed by atoms with E-state index in [1.807, 2.05) is 46.2 Å². The minimum absolute atomic E-state index is 0.0862. The Bertz CT molecular complexity index is 1440. The molecule has 0 fully saturated rings. The molecule has 0 aliphatic carbocycles. The van der Waals surface area contributed by atoms with Gasteiger partial charge in [0.05, 0.1) is 16.6 Å². The highest BCUT2D eigenvalue weighted by atomic mass is 35.5. The predicted octanol–water partition coefficient (Wildman–Crippen LogP) is 4.56. The van der Waals surface area contributed by atoms with Crippen molar-refractivity contribution >= 4 is 51.4 Å². The molecular weight excluding hydrogens is 454 g/mol. The minimum Gasteiger partial charge on any atom is -0.486 e. The van der Waals surface area contributed by atoms with Crippen LogP contribution in [0.4, 0.5) is 0 Å². The van der Waals surface area contributed by atoms with Crippen molar-refractivity contribution in [3.05, 3.63) is 80.0 Å². The summed E-state index contributed by atoms with van der Waals surface area (Å²) >= 11 is 8.98. The Balaban J connectivity index is 1.34. The van der Waals surface area contributed by atoms with E-state index in [0.29, 0.717) is 33.7 Å². The summed E-state index contributed by atoms with van der Waals surface area (Å²) in [7, 11) is 1.71. The van der Waals surface area contributed by atoms with Crippen LogP contribution in [0.2, 0.25) is 5.02 Å². The van der Waals surface area contributed by atoms with Gasteiger partial charge in [-0.25, -0.2) is 4.98 Å². The number of rotatable bonds is 6. The number of benzene rings is 2. The molecule has 3 heterocycles. The van der Waals surface area contributed by atoms with Gasteiger partial charge in [0, 0.05) is 23.2 Å². The predicted molar refractivity (Wildman–Crippen MR) is 123 cm³/mol. The monoisotopic (exact) mass is 469 g/mol. The molecule has 0 unspecified atom stereocenters. The van der Waals surface area contributed by atoms with Gasteiger partial charge in [0.2, 0.25) is 5.78 Å². The molecule has 0 N–H and O–H groups in total. The number of thioether (sulfide) groups is 1. The van der Waals surface area contributed by atoms with Crippen LogP contribution in [0.25, 0.3) is 16.7 Å². The lowest BCUT2D eigenvalue weighted by Crippen LogP contribution is -2.20. The third kappa shape index (κ3) is 3.91. The average molecular weight is 470 g/mol. The first-order chi connectivity index (χ1) is 15.1. The topological polar surface area (TPSA) is 74.3 Å². The summed E-state index contributed by atoms with van der Waals surface area (Å²) in [6.45, 7) is 0.400. The lowest BCUT2D eigenvalue weighted by atomic mass is 10.2. The van der Waals surface area contributed by atoms with Crippen LogP contribution in [0, 0.1) is 0 Å². The quantitative estimate of drug-likeness (QED) is 0.339. The van der Waals surface area contributed by atoms with E-state index >= 15 is 0 Å². The standard InChI is InChI=1S/C21H16ClN5O2S2/c1-26-19(28)16-4-2-3-5-17(16)27-20(26)24-25-21(27)31-12-14-11-30-18(23-14)10-29-15-8-6-13(22)7-9-15/h2-9,11H,10,12H2,1H3. The van der Waals surface area contributed by atoms with E-state index in [2.05, 4.69) is 15.2 Å². The molecule has 7 nitrogen and oxygen atoms in total. The second kappa shape index (κ2) is 8.33. The fourth-order valence-corrected chi connectivity index (χ4v) is 4.97. The lowest BCUT2D eigenvalue weighted by Gasteiger charge is -2.07. The van der Waals surface area contributed by atoms with Gasteiger partial charge in [-0.15, -0.1) is 21.5 Å². The van der Waals surface area contributed by atoms with Crippen molar-refractivity contribution in [1.29, 1.82) is 0 Å². The first-order valence-electron chi connectivity index (χ1n) is 9.37. The van der Waals surface area contributed by atoms with Crippen molar-refractivity contribution in [2.45, 2.75) is 17.5 Å². The van der Waals surface area contributed by atoms with Gasteiger partial charge < -0.3 is 4.74 Å². The molecule has 0 saturated carbocycles. The molecule has 0 bridgehead atoms. The van der Waals surface area contributed by atoms with E-state index < -0.39 is 0 Å². The number of aryl methyl sites for hydroxylation is 1. The van der Waals surface area contributed by atoms with E-state index in [-0.39, 0.29) is 5.56 Å². The Labute approximate surface area is 190 Å². The van der Waals surface area contributed by atoms with Crippen LogP contribution in [0.3, 0.4) is 0 Å². The zero-order valence-electron chi connectivity index (χ0n) is 16.4. The maximum Gasteiger partial charge on any atom is 0.262 e. The average Bonchev–Trinajstić information content (AvgIpc) is 3.43. The third-order valence-corrected chi connectivity index (χ3v) is 6.81. The summed E-state index contributed by atoms with van der Waals surface area (Å²) in [6.07, 6.45) is 0. The van der Waals surface area contributed by atoms with Crippen molar-refractivity contribution in [3.8, 4) is 5.75 Å². The fraction of sp³-hybridized carbons (Fsp3) is 0.143. The van der Waals surface area contributed by atoms with Gasteiger partial charge in [-0.3, -0.25) is 13.8 Å². The van der Waals surface area contributed by atoms with Crippen molar-refractivity contribution in [2.75, 3.05) is 0 Å². The van der Waals surface area contributed by atoms with Gasteiger partial charge in [-0.1, -0.05) is 35.5 Å². The number of halogens is 1. The lowest BCUT2D eigenvalue weighted by molar-refractivity contribution is 0.305. The smallest absolute Gasteiger partial charge is 0.262 e. The van der Waals surface area contributed by atoms with Gasteiger partial charge >= 0.3 is 0 Å². The Morgan fingerprint density at radius 1 is 1.13 bits per heavy atom. The molecule has 0 saturated heterocycles. The highest BCUT2D eigenvalue weighted by molar-refractivity contribution is 7.98.